The summed E-state index contributed by atoms with van der Waals surface area (Å²) in [5.41, 5.74) is 2.88. The number of aromatic amines is 1. The zero-order chi connectivity index (χ0) is 16.4. The number of hydrogen-bond donors (Lipinski definition) is 3. The average Bonchev–Trinajstić information content (AvgIpc) is 2.97. The van der Waals surface area contributed by atoms with Crippen molar-refractivity contribution in [1.82, 2.24) is 4.98 Å². The van der Waals surface area contributed by atoms with Crippen LogP contribution in [-0.2, 0) is 4.79 Å². The van der Waals surface area contributed by atoms with Crippen LogP contribution >= 0.6 is 0 Å². The molecule has 0 saturated carbocycles. The molecule has 1 atom stereocenters. The fraction of sp³-hybridized carbons (Fsp3) is 0.167. The first kappa shape index (κ1) is 15.1. The fourth-order valence-electron chi connectivity index (χ4n) is 2.42. The molecule has 0 fully saturated rings. The Balaban J connectivity index is 1.69. The van der Waals surface area contributed by atoms with E-state index >= 15 is 0 Å². The van der Waals surface area contributed by atoms with Gasteiger partial charge in [-0.05, 0) is 55.8 Å². The number of benzene rings is 2. The molecule has 3 rings (SSSR count). The minimum absolute atomic E-state index is 0.190. The second-order valence-corrected chi connectivity index (χ2v) is 5.62. The summed E-state index contributed by atoms with van der Waals surface area (Å²) in [6.07, 6.45) is 1.87. The topological polar surface area (TPSA) is 56.9 Å². The van der Waals surface area contributed by atoms with E-state index < -0.39 is 11.9 Å². The molecule has 1 heterocycles. The van der Waals surface area contributed by atoms with Gasteiger partial charge in [-0.1, -0.05) is 6.07 Å². The SMILES string of the molecule is Cc1ccc(NC(=O)C(C)Nc2ccc3[nH]ccc3c2)c(F)c1. The van der Waals surface area contributed by atoms with Crippen LogP contribution in [0.25, 0.3) is 10.9 Å². The zero-order valence-corrected chi connectivity index (χ0v) is 13.0. The van der Waals surface area contributed by atoms with Gasteiger partial charge in [-0.15, -0.1) is 0 Å². The van der Waals surface area contributed by atoms with Gasteiger partial charge in [0.1, 0.15) is 11.9 Å². The van der Waals surface area contributed by atoms with Crippen molar-refractivity contribution in [2.24, 2.45) is 0 Å². The molecule has 23 heavy (non-hydrogen) atoms. The Labute approximate surface area is 133 Å². The lowest BCUT2D eigenvalue weighted by atomic mass is 10.2. The van der Waals surface area contributed by atoms with Crippen molar-refractivity contribution in [1.29, 1.82) is 0 Å². The van der Waals surface area contributed by atoms with Gasteiger partial charge in [-0.3, -0.25) is 4.79 Å². The highest BCUT2D eigenvalue weighted by Crippen LogP contribution is 2.19. The molecule has 0 bridgehead atoms. The largest absolute Gasteiger partial charge is 0.374 e. The Morgan fingerprint density at radius 1 is 1.17 bits per heavy atom. The first-order valence-corrected chi connectivity index (χ1v) is 7.43. The fourth-order valence-corrected chi connectivity index (χ4v) is 2.42. The number of H-pyrrole nitrogens is 1. The molecule has 3 N–H and O–H groups in total. The minimum Gasteiger partial charge on any atom is -0.374 e. The first-order chi connectivity index (χ1) is 11.0. The van der Waals surface area contributed by atoms with Gasteiger partial charge in [0.15, 0.2) is 0 Å². The first-order valence-electron chi connectivity index (χ1n) is 7.43. The van der Waals surface area contributed by atoms with E-state index in [-0.39, 0.29) is 11.6 Å². The third-order valence-corrected chi connectivity index (χ3v) is 3.71. The number of aryl methyl sites for hydroxylation is 1. The van der Waals surface area contributed by atoms with Crippen LogP contribution in [0.3, 0.4) is 0 Å². The van der Waals surface area contributed by atoms with E-state index in [1.807, 2.05) is 30.5 Å². The summed E-state index contributed by atoms with van der Waals surface area (Å²) >= 11 is 0. The van der Waals surface area contributed by atoms with Crippen molar-refractivity contribution in [3.63, 3.8) is 0 Å². The van der Waals surface area contributed by atoms with Crippen LogP contribution in [0.4, 0.5) is 15.8 Å². The number of halogens is 1. The molecular weight excluding hydrogens is 293 g/mol. The van der Waals surface area contributed by atoms with E-state index in [2.05, 4.69) is 15.6 Å². The second-order valence-electron chi connectivity index (χ2n) is 5.62. The maximum Gasteiger partial charge on any atom is 0.246 e. The molecule has 0 aliphatic rings. The Morgan fingerprint density at radius 3 is 2.78 bits per heavy atom. The molecule has 1 amide bonds. The van der Waals surface area contributed by atoms with Crippen molar-refractivity contribution in [2.75, 3.05) is 10.6 Å². The quantitative estimate of drug-likeness (QED) is 0.680. The summed E-state index contributed by atoms with van der Waals surface area (Å²) in [6.45, 7) is 3.54. The Kier molecular flexibility index (Phi) is 4.02. The molecule has 2 aromatic carbocycles. The van der Waals surface area contributed by atoms with Crippen LogP contribution in [0.1, 0.15) is 12.5 Å². The normalized spacial score (nSPS) is 12.1. The number of fused-ring (bicyclic) bond motifs is 1. The smallest absolute Gasteiger partial charge is 0.246 e. The molecule has 118 valence electrons. The van der Waals surface area contributed by atoms with Gasteiger partial charge >= 0.3 is 0 Å². The van der Waals surface area contributed by atoms with Crippen LogP contribution in [0.2, 0.25) is 0 Å². The van der Waals surface area contributed by atoms with Crippen molar-refractivity contribution >= 4 is 28.2 Å². The van der Waals surface area contributed by atoms with Crippen LogP contribution in [0, 0.1) is 12.7 Å². The third kappa shape index (κ3) is 3.34. The standard InChI is InChI=1S/C18H18FN3O/c1-11-3-5-17(15(19)9-11)22-18(23)12(2)21-14-4-6-16-13(10-14)7-8-20-16/h3-10,12,20-21H,1-2H3,(H,22,23). The highest BCUT2D eigenvalue weighted by atomic mass is 19.1. The number of amides is 1. The summed E-state index contributed by atoms with van der Waals surface area (Å²) in [5.74, 6) is -0.721. The number of anilines is 2. The average molecular weight is 311 g/mol. The number of nitrogens with one attached hydrogen (secondary N) is 3. The monoisotopic (exact) mass is 311 g/mol. The predicted molar refractivity (Wildman–Crippen MR) is 91.2 cm³/mol. The highest BCUT2D eigenvalue weighted by Gasteiger charge is 2.15. The summed E-state index contributed by atoms with van der Waals surface area (Å²) in [6, 6.07) is 12.0. The van der Waals surface area contributed by atoms with E-state index in [0.29, 0.717) is 0 Å². The van der Waals surface area contributed by atoms with Crippen molar-refractivity contribution in [2.45, 2.75) is 19.9 Å². The molecular formula is C18H18FN3O. The molecule has 0 saturated heterocycles. The van der Waals surface area contributed by atoms with Gasteiger partial charge < -0.3 is 15.6 Å². The number of rotatable bonds is 4. The maximum atomic E-state index is 13.8. The molecule has 1 aromatic heterocycles. The number of carbonyl (C=O) groups excluding carboxylic acids is 1. The zero-order valence-electron chi connectivity index (χ0n) is 13.0. The van der Waals surface area contributed by atoms with Crippen LogP contribution < -0.4 is 10.6 Å². The van der Waals surface area contributed by atoms with Gasteiger partial charge in [0.05, 0.1) is 5.69 Å². The van der Waals surface area contributed by atoms with Gasteiger partial charge in [-0.25, -0.2) is 4.39 Å². The molecule has 0 aliphatic heterocycles. The van der Waals surface area contributed by atoms with Crippen LogP contribution in [0.15, 0.2) is 48.7 Å². The van der Waals surface area contributed by atoms with Gasteiger partial charge in [-0.2, -0.15) is 0 Å². The Bertz CT molecular complexity index is 856. The number of hydrogen-bond acceptors (Lipinski definition) is 2. The van der Waals surface area contributed by atoms with Gasteiger partial charge in [0.25, 0.3) is 0 Å². The lowest BCUT2D eigenvalue weighted by Gasteiger charge is -2.16. The van der Waals surface area contributed by atoms with E-state index in [1.54, 1.807) is 26.0 Å². The van der Waals surface area contributed by atoms with Crippen molar-refractivity contribution in [3.8, 4) is 0 Å². The Hall–Kier alpha value is -2.82. The van der Waals surface area contributed by atoms with Gasteiger partial charge in [0.2, 0.25) is 5.91 Å². The Morgan fingerprint density at radius 2 is 2.00 bits per heavy atom. The molecule has 4 nitrogen and oxygen atoms in total. The third-order valence-electron chi connectivity index (χ3n) is 3.71. The predicted octanol–water partition coefficient (Wildman–Crippen LogP) is 4.05. The molecule has 3 aromatic rings. The van der Waals surface area contributed by atoms with Crippen molar-refractivity contribution in [3.05, 3.63) is 60.0 Å². The number of carbonyl (C=O) groups is 1. The molecule has 0 aliphatic carbocycles. The summed E-state index contributed by atoms with van der Waals surface area (Å²) in [5, 5.41) is 6.80. The van der Waals surface area contributed by atoms with Crippen LogP contribution in [0.5, 0.6) is 0 Å². The van der Waals surface area contributed by atoms with Crippen molar-refractivity contribution < 1.29 is 9.18 Å². The minimum atomic E-state index is -0.493. The second kappa shape index (κ2) is 6.12. The molecule has 0 radical (unpaired) electrons. The highest BCUT2D eigenvalue weighted by molar-refractivity contribution is 5.96. The van der Waals surface area contributed by atoms with Gasteiger partial charge in [0, 0.05) is 22.8 Å². The van der Waals surface area contributed by atoms with E-state index in [4.69, 9.17) is 0 Å². The summed E-state index contributed by atoms with van der Waals surface area (Å²) in [4.78, 5) is 15.3. The summed E-state index contributed by atoms with van der Waals surface area (Å²) < 4.78 is 13.8. The lowest BCUT2D eigenvalue weighted by Crippen LogP contribution is -2.32. The molecule has 0 spiro atoms. The van der Waals surface area contributed by atoms with E-state index in [0.717, 1.165) is 22.2 Å². The summed E-state index contributed by atoms with van der Waals surface area (Å²) in [7, 11) is 0. The van der Waals surface area contributed by atoms with E-state index in [9.17, 15) is 9.18 Å². The number of aromatic nitrogens is 1. The molecule has 1 unspecified atom stereocenters. The van der Waals surface area contributed by atoms with Crippen LogP contribution in [-0.4, -0.2) is 16.9 Å². The molecule has 5 heteroatoms. The van der Waals surface area contributed by atoms with E-state index in [1.165, 1.54) is 6.07 Å². The maximum absolute atomic E-state index is 13.8. The lowest BCUT2D eigenvalue weighted by molar-refractivity contribution is -0.116.